The molecule has 0 radical (unpaired) electrons. The Hall–Kier alpha value is -1.59. The molecule has 1 heterocycles. The van der Waals surface area contributed by atoms with Gasteiger partial charge in [0.2, 0.25) is 5.91 Å². The Balaban J connectivity index is 0.00000220. The van der Waals surface area contributed by atoms with Crippen LogP contribution in [0.3, 0.4) is 0 Å². The lowest BCUT2D eigenvalue weighted by Gasteiger charge is -2.10. The molecule has 0 spiro atoms. The van der Waals surface area contributed by atoms with E-state index < -0.39 is 0 Å². The number of carbonyl (C=O) groups excluding carboxylic acids is 2. The number of halogens is 1. The summed E-state index contributed by atoms with van der Waals surface area (Å²) in [6.07, 6.45) is 1.91. The maximum atomic E-state index is 11.9. The standard InChI is InChI=1S/C15H20N2O3.ClH/c1-20-14(18)7-4-11-2-5-13(6-3-11)17-15(19)12-8-9-16-10-12;/h2-3,5-6,12,16H,4,7-10H2,1H3,(H,17,19);1H. The number of esters is 1. The van der Waals surface area contributed by atoms with Crippen molar-refractivity contribution < 1.29 is 14.3 Å². The van der Waals surface area contributed by atoms with Crippen molar-refractivity contribution in [3.8, 4) is 0 Å². The first kappa shape index (κ1) is 17.5. The Bertz CT molecular complexity index is 470. The summed E-state index contributed by atoms with van der Waals surface area (Å²) in [6, 6.07) is 7.58. The highest BCUT2D eigenvalue weighted by Gasteiger charge is 2.22. The van der Waals surface area contributed by atoms with Crippen molar-refractivity contribution in [2.75, 3.05) is 25.5 Å². The minimum Gasteiger partial charge on any atom is -0.469 e. The first-order chi connectivity index (χ1) is 9.69. The number of hydrogen-bond donors (Lipinski definition) is 2. The van der Waals surface area contributed by atoms with Crippen LogP contribution in [0.2, 0.25) is 0 Å². The van der Waals surface area contributed by atoms with E-state index in [2.05, 4.69) is 15.4 Å². The second kappa shape index (κ2) is 8.64. The molecule has 116 valence electrons. The molecule has 0 bridgehead atoms. The van der Waals surface area contributed by atoms with Crippen LogP contribution in [-0.4, -0.2) is 32.1 Å². The molecule has 1 amide bonds. The van der Waals surface area contributed by atoms with Crippen LogP contribution < -0.4 is 10.6 Å². The second-order valence-electron chi connectivity index (χ2n) is 4.95. The molecule has 0 aliphatic carbocycles. The van der Waals surface area contributed by atoms with Gasteiger partial charge in [-0.1, -0.05) is 12.1 Å². The van der Waals surface area contributed by atoms with Gasteiger partial charge in [-0.3, -0.25) is 9.59 Å². The molecule has 1 aromatic rings. The van der Waals surface area contributed by atoms with Gasteiger partial charge in [0.15, 0.2) is 0 Å². The fourth-order valence-electron chi connectivity index (χ4n) is 2.23. The maximum absolute atomic E-state index is 11.9. The summed E-state index contributed by atoms with van der Waals surface area (Å²) < 4.78 is 4.60. The number of benzene rings is 1. The van der Waals surface area contributed by atoms with E-state index in [0.29, 0.717) is 12.8 Å². The SMILES string of the molecule is COC(=O)CCc1ccc(NC(=O)C2CCNC2)cc1.Cl. The molecule has 0 aromatic heterocycles. The summed E-state index contributed by atoms with van der Waals surface area (Å²) in [4.78, 5) is 23.0. The molecule has 2 N–H and O–H groups in total. The molecule has 2 rings (SSSR count). The number of ether oxygens (including phenoxy) is 1. The monoisotopic (exact) mass is 312 g/mol. The van der Waals surface area contributed by atoms with Gasteiger partial charge in [-0.25, -0.2) is 0 Å². The molecule has 6 heteroatoms. The lowest BCUT2D eigenvalue weighted by molar-refractivity contribution is -0.140. The molecule has 5 nitrogen and oxygen atoms in total. The summed E-state index contributed by atoms with van der Waals surface area (Å²) in [6.45, 7) is 1.66. The van der Waals surface area contributed by atoms with E-state index in [1.54, 1.807) is 0 Å². The molecule has 1 saturated heterocycles. The third-order valence-corrected chi connectivity index (χ3v) is 3.50. The van der Waals surface area contributed by atoms with E-state index in [4.69, 9.17) is 0 Å². The number of amides is 1. The number of aryl methyl sites for hydroxylation is 1. The van der Waals surface area contributed by atoms with E-state index in [9.17, 15) is 9.59 Å². The smallest absolute Gasteiger partial charge is 0.305 e. The highest BCUT2D eigenvalue weighted by molar-refractivity contribution is 5.92. The Morgan fingerprint density at radius 2 is 2.05 bits per heavy atom. The quantitative estimate of drug-likeness (QED) is 0.813. The van der Waals surface area contributed by atoms with Crippen LogP contribution >= 0.6 is 12.4 Å². The zero-order valence-electron chi connectivity index (χ0n) is 12.1. The minimum atomic E-state index is -0.212. The lowest BCUT2D eigenvalue weighted by atomic mass is 10.1. The highest BCUT2D eigenvalue weighted by atomic mass is 35.5. The van der Waals surface area contributed by atoms with E-state index in [-0.39, 0.29) is 30.2 Å². The molecule has 1 fully saturated rings. The molecule has 0 saturated carbocycles. The third kappa shape index (κ3) is 5.36. The second-order valence-corrected chi connectivity index (χ2v) is 4.95. The van der Waals surface area contributed by atoms with Crippen LogP contribution in [0.15, 0.2) is 24.3 Å². The van der Waals surface area contributed by atoms with Crippen molar-refractivity contribution in [3.05, 3.63) is 29.8 Å². The summed E-state index contributed by atoms with van der Waals surface area (Å²) >= 11 is 0. The van der Waals surface area contributed by atoms with Crippen LogP contribution in [0.25, 0.3) is 0 Å². The molecule has 1 atom stereocenters. The van der Waals surface area contributed by atoms with Gasteiger partial charge in [0.25, 0.3) is 0 Å². The van der Waals surface area contributed by atoms with Crippen molar-refractivity contribution in [2.45, 2.75) is 19.3 Å². The third-order valence-electron chi connectivity index (χ3n) is 3.50. The summed E-state index contributed by atoms with van der Waals surface area (Å²) in [5.41, 5.74) is 1.85. The number of rotatable bonds is 5. The van der Waals surface area contributed by atoms with Gasteiger partial charge < -0.3 is 15.4 Å². The molecule has 21 heavy (non-hydrogen) atoms. The Morgan fingerprint density at radius 1 is 1.33 bits per heavy atom. The van der Waals surface area contributed by atoms with Crippen molar-refractivity contribution in [1.82, 2.24) is 5.32 Å². The molecular weight excluding hydrogens is 292 g/mol. The van der Waals surface area contributed by atoms with E-state index in [1.165, 1.54) is 7.11 Å². The van der Waals surface area contributed by atoms with Crippen molar-refractivity contribution in [2.24, 2.45) is 5.92 Å². The van der Waals surface area contributed by atoms with Crippen LogP contribution in [0, 0.1) is 5.92 Å². The first-order valence-corrected chi connectivity index (χ1v) is 6.86. The minimum absolute atomic E-state index is 0. The summed E-state index contributed by atoms with van der Waals surface area (Å²) in [7, 11) is 1.39. The summed E-state index contributed by atoms with van der Waals surface area (Å²) in [5, 5.41) is 6.09. The normalized spacial score (nSPS) is 16.9. The average Bonchev–Trinajstić information content (AvgIpc) is 3.00. The van der Waals surface area contributed by atoms with Crippen LogP contribution in [0.1, 0.15) is 18.4 Å². The number of nitrogens with one attached hydrogen (secondary N) is 2. The van der Waals surface area contributed by atoms with Gasteiger partial charge in [0.05, 0.1) is 13.0 Å². The van der Waals surface area contributed by atoms with E-state index in [0.717, 1.165) is 30.8 Å². The Kier molecular flexibility index (Phi) is 7.19. The zero-order chi connectivity index (χ0) is 14.4. The molecule has 1 aromatic carbocycles. The van der Waals surface area contributed by atoms with Gasteiger partial charge in [-0.2, -0.15) is 0 Å². The van der Waals surface area contributed by atoms with E-state index in [1.807, 2.05) is 24.3 Å². The van der Waals surface area contributed by atoms with Gasteiger partial charge in [-0.05, 0) is 37.1 Å². The van der Waals surface area contributed by atoms with Crippen LogP contribution in [0.4, 0.5) is 5.69 Å². The average molecular weight is 313 g/mol. The predicted molar refractivity (Wildman–Crippen MR) is 83.6 cm³/mol. The predicted octanol–water partition coefficient (Wildman–Crippen LogP) is 1.76. The van der Waals surface area contributed by atoms with Crippen molar-refractivity contribution in [3.63, 3.8) is 0 Å². The molecular formula is C15H21ClN2O3. The fourth-order valence-corrected chi connectivity index (χ4v) is 2.23. The van der Waals surface area contributed by atoms with Crippen molar-refractivity contribution >= 4 is 30.0 Å². The topological polar surface area (TPSA) is 67.4 Å². The maximum Gasteiger partial charge on any atom is 0.305 e. The number of carbonyl (C=O) groups is 2. The van der Waals surface area contributed by atoms with Gasteiger partial charge in [0, 0.05) is 18.7 Å². The van der Waals surface area contributed by atoms with Gasteiger partial charge in [-0.15, -0.1) is 12.4 Å². The number of hydrogen-bond acceptors (Lipinski definition) is 4. The largest absolute Gasteiger partial charge is 0.469 e. The Morgan fingerprint density at radius 3 is 2.62 bits per heavy atom. The number of methoxy groups -OCH3 is 1. The number of anilines is 1. The first-order valence-electron chi connectivity index (χ1n) is 6.86. The lowest BCUT2D eigenvalue weighted by Crippen LogP contribution is -2.24. The van der Waals surface area contributed by atoms with Gasteiger partial charge >= 0.3 is 5.97 Å². The fraction of sp³-hybridized carbons (Fsp3) is 0.467. The molecule has 1 aliphatic rings. The molecule has 1 unspecified atom stereocenters. The van der Waals surface area contributed by atoms with E-state index >= 15 is 0 Å². The zero-order valence-corrected chi connectivity index (χ0v) is 12.9. The highest BCUT2D eigenvalue weighted by Crippen LogP contribution is 2.15. The van der Waals surface area contributed by atoms with Crippen LogP contribution in [0.5, 0.6) is 0 Å². The van der Waals surface area contributed by atoms with Crippen molar-refractivity contribution in [1.29, 1.82) is 0 Å². The summed E-state index contributed by atoms with van der Waals surface area (Å²) in [5.74, 6) is -0.0811. The Labute approximate surface area is 130 Å². The van der Waals surface area contributed by atoms with Crippen LogP contribution in [-0.2, 0) is 20.7 Å². The van der Waals surface area contributed by atoms with Gasteiger partial charge in [0.1, 0.15) is 0 Å². The molecule has 1 aliphatic heterocycles.